The van der Waals surface area contributed by atoms with E-state index >= 15 is 0 Å². The molecule has 10 nitrogen and oxygen atoms in total. The summed E-state index contributed by atoms with van der Waals surface area (Å²) in [7, 11) is -2.91. The van der Waals surface area contributed by atoms with Crippen molar-refractivity contribution in [3.8, 4) is 0 Å². The van der Waals surface area contributed by atoms with E-state index in [1.165, 1.54) is 0 Å². The number of hydrogen-bond acceptors (Lipinski definition) is 6. The van der Waals surface area contributed by atoms with Crippen molar-refractivity contribution in [1.29, 1.82) is 0 Å². The number of fused-ring (bicyclic) bond motifs is 1. The maximum atomic E-state index is 14.1. The summed E-state index contributed by atoms with van der Waals surface area (Å²) in [6, 6.07) is 26.6. The molecular weight excluding hydrogens is 745 g/mol. The van der Waals surface area contributed by atoms with Crippen molar-refractivity contribution in [3.63, 3.8) is 0 Å². The van der Waals surface area contributed by atoms with Crippen molar-refractivity contribution >= 4 is 48.1 Å². The Hall–Kier alpha value is -4.61. The lowest BCUT2D eigenvalue weighted by molar-refractivity contribution is -0.147. The molecule has 11 heteroatoms. The third-order valence-electron chi connectivity index (χ3n) is 12.1. The number of rotatable bonds is 15. The largest absolute Gasteiger partial charge is 0.398 e. The summed E-state index contributed by atoms with van der Waals surface area (Å²) in [5.41, 5.74) is 0.857. The number of nitrogens with one attached hydrogen (secondary N) is 3. The Bertz CT molecular complexity index is 1800. The quantitative estimate of drug-likeness (QED) is 0.135. The van der Waals surface area contributed by atoms with Crippen molar-refractivity contribution in [3.05, 3.63) is 96.6 Å². The number of carbonyl (C=O) groups is 5. The Morgan fingerprint density at radius 1 is 0.759 bits per heavy atom. The first kappa shape index (κ1) is 44.5. The summed E-state index contributed by atoms with van der Waals surface area (Å²) in [4.78, 5) is 71.5. The number of carbonyl (C=O) groups excluding carboxylic acids is 5. The molecular formula is C47H64N4O6Si. The van der Waals surface area contributed by atoms with Crippen LogP contribution in [0.3, 0.4) is 0 Å². The van der Waals surface area contributed by atoms with Gasteiger partial charge in [-0.2, -0.15) is 0 Å². The predicted molar refractivity (Wildman–Crippen MR) is 231 cm³/mol. The van der Waals surface area contributed by atoms with Gasteiger partial charge in [-0.3, -0.25) is 24.0 Å². The van der Waals surface area contributed by atoms with E-state index in [-0.39, 0.29) is 35.0 Å². The molecule has 0 aromatic heterocycles. The normalized spacial score (nSPS) is 22.0. The topological polar surface area (TPSA) is 134 Å². The van der Waals surface area contributed by atoms with Crippen LogP contribution >= 0.6 is 0 Å². The van der Waals surface area contributed by atoms with Gasteiger partial charge in [0.05, 0.1) is 0 Å². The van der Waals surface area contributed by atoms with Crippen molar-refractivity contribution in [2.24, 2.45) is 5.92 Å². The van der Waals surface area contributed by atoms with Gasteiger partial charge in [0, 0.05) is 19.4 Å². The zero-order chi connectivity index (χ0) is 41.9. The molecule has 2 aliphatic heterocycles. The summed E-state index contributed by atoms with van der Waals surface area (Å²) in [5, 5.41) is 10.9. The maximum absolute atomic E-state index is 14.1. The first-order valence-electron chi connectivity index (χ1n) is 21.3. The third-order valence-corrected chi connectivity index (χ3v) is 17.2. The second kappa shape index (κ2) is 20.4. The molecule has 0 saturated carbocycles. The van der Waals surface area contributed by atoms with Gasteiger partial charge in [0.2, 0.25) is 23.6 Å². The van der Waals surface area contributed by atoms with Crippen molar-refractivity contribution in [2.75, 3.05) is 6.54 Å². The molecule has 4 amide bonds. The minimum Gasteiger partial charge on any atom is -0.398 e. The number of unbranched alkanes of at least 4 members (excludes halogenated alkanes) is 2. The molecule has 0 radical (unpaired) electrons. The molecule has 2 fully saturated rings. The highest BCUT2D eigenvalue weighted by Crippen LogP contribution is 2.37. The molecule has 3 aromatic carbocycles. The minimum atomic E-state index is -2.91. The van der Waals surface area contributed by atoms with Gasteiger partial charge in [-0.25, -0.2) is 0 Å². The number of nitrogens with zero attached hydrogens (tertiary/aromatic N) is 1. The fourth-order valence-corrected chi connectivity index (χ4v) is 13.2. The second-order valence-corrected chi connectivity index (χ2v) is 21.5. The van der Waals surface area contributed by atoms with E-state index in [4.69, 9.17) is 4.43 Å². The Balaban J connectivity index is 1.29. The zero-order valence-electron chi connectivity index (χ0n) is 35.3. The average Bonchev–Trinajstić information content (AvgIpc) is 3.23. The summed E-state index contributed by atoms with van der Waals surface area (Å²) < 4.78 is 7.05. The highest BCUT2D eigenvalue weighted by molar-refractivity contribution is 6.99. The number of benzene rings is 3. The fourth-order valence-electron chi connectivity index (χ4n) is 8.50. The van der Waals surface area contributed by atoms with Gasteiger partial charge in [-0.15, -0.1) is 0 Å². The Morgan fingerprint density at radius 3 is 1.91 bits per heavy atom. The lowest BCUT2D eigenvalue weighted by atomic mass is 9.93. The summed E-state index contributed by atoms with van der Waals surface area (Å²) in [6.07, 6.45) is 4.72. The van der Waals surface area contributed by atoms with E-state index in [0.717, 1.165) is 28.8 Å². The monoisotopic (exact) mass is 808 g/mol. The van der Waals surface area contributed by atoms with E-state index in [1.807, 2.05) is 87.5 Å². The molecule has 0 bridgehead atoms. The standard InChI is InChI=1S/C47H64N4O6Si/c1-7-33(2)42-46(56)51-31-21-20-29-40(51)45(55)48-38(43(53)49-39(44(54)50-42)32-35-22-12-8-13-23-35)28-18-11-19-30-41(52)34(3)57-58(47(4,5)6,36-24-14-9-15-25-36)37-26-16-10-17-27-37/h8-10,12-17,22-27,33-34,38-40,42H,7,11,18-21,28-32H2,1-6H3,(H,48,55)(H,49,53)(H,50,54)/t33-,34-,38-,39+,40-,42-/m0/s1. The smallest absolute Gasteiger partial charge is 0.262 e. The molecule has 0 spiro atoms. The lowest BCUT2D eigenvalue weighted by Crippen LogP contribution is -2.68. The molecule has 2 saturated heterocycles. The molecule has 0 aliphatic carbocycles. The molecule has 2 heterocycles. The van der Waals surface area contributed by atoms with E-state index in [2.05, 4.69) is 61.0 Å². The van der Waals surface area contributed by atoms with Crippen LogP contribution in [0.2, 0.25) is 5.04 Å². The Morgan fingerprint density at radius 2 is 1.33 bits per heavy atom. The minimum absolute atomic E-state index is 0.0255. The van der Waals surface area contributed by atoms with Crippen LogP contribution in [0.25, 0.3) is 0 Å². The highest BCUT2D eigenvalue weighted by Gasteiger charge is 2.51. The van der Waals surface area contributed by atoms with Gasteiger partial charge in [0.1, 0.15) is 30.3 Å². The van der Waals surface area contributed by atoms with Crippen LogP contribution in [0.4, 0.5) is 0 Å². The molecule has 5 rings (SSSR count). The van der Waals surface area contributed by atoms with Crippen LogP contribution in [0.15, 0.2) is 91.0 Å². The number of amides is 4. The van der Waals surface area contributed by atoms with Crippen molar-refractivity contribution in [1.82, 2.24) is 20.9 Å². The number of Topliss-reactive ketones (excluding diaryl/α,β-unsaturated/α-hetero) is 1. The van der Waals surface area contributed by atoms with E-state index in [0.29, 0.717) is 51.5 Å². The molecule has 6 atom stereocenters. The first-order valence-corrected chi connectivity index (χ1v) is 23.2. The van der Waals surface area contributed by atoms with Crippen LogP contribution < -0.4 is 26.3 Å². The molecule has 0 unspecified atom stereocenters. The first-order chi connectivity index (χ1) is 27.8. The van der Waals surface area contributed by atoms with Gasteiger partial charge in [-0.05, 0) is 65.9 Å². The summed E-state index contributed by atoms with van der Waals surface area (Å²) in [5.74, 6) is -1.64. The van der Waals surface area contributed by atoms with Gasteiger partial charge in [0.15, 0.2) is 5.78 Å². The van der Waals surface area contributed by atoms with Crippen molar-refractivity contribution in [2.45, 2.75) is 141 Å². The number of ketones is 1. The molecule has 3 aromatic rings. The summed E-state index contributed by atoms with van der Waals surface area (Å²) >= 11 is 0. The number of piperidine rings is 1. The maximum Gasteiger partial charge on any atom is 0.262 e. The zero-order valence-corrected chi connectivity index (χ0v) is 36.3. The molecule has 3 N–H and O–H groups in total. The Kier molecular flexibility index (Phi) is 15.6. The van der Waals surface area contributed by atoms with Crippen LogP contribution in [-0.2, 0) is 34.8 Å². The third kappa shape index (κ3) is 10.7. The van der Waals surface area contributed by atoms with Gasteiger partial charge in [0.25, 0.3) is 8.32 Å². The second-order valence-electron chi connectivity index (χ2n) is 17.2. The highest BCUT2D eigenvalue weighted by atomic mass is 28.4. The van der Waals surface area contributed by atoms with Crippen LogP contribution in [0.5, 0.6) is 0 Å². The molecule has 312 valence electrons. The van der Waals surface area contributed by atoms with Crippen LogP contribution in [0.1, 0.15) is 105 Å². The van der Waals surface area contributed by atoms with E-state index < -0.39 is 50.4 Å². The van der Waals surface area contributed by atoms with Gasteiger partial charge in [-0.1, -0.05) is 145 Å². The van der Waals surface area contributed by atoms with E-state index in [9.17, 15) is 24.0 Å². The van der Waals surface area contributed by atoms with Crippen LogP contribution in [-0.4, -0.2) is 79.4 Å². The van der Waals surface area contributed by atoms with E-state index in [1.54, 1.807) is 4.90 Å². The number of hydrogen-bond donors (Lipinski definition) is 3. The summed E-state index contributed by atoms with van der Waals surface area (Å²) in [6.45, 7) is 12.7. The van der Waals surface area contributed by atoms with Gasteiger partial charge < -0.3 is 25.3 Å². The average molecular weight is 809 g/mol. The predicted octanol–water partition coefficient (Wildman–Crippen LogP) is 5.61. The fraction of sp³-hybridized carbons (Fsp3) is 0.511. The lowest BCUT2D eigenvalue weighted by Gasteiger charge is -2.44. The Labute approximate surface area is 346 Å². The van der Waals surface area contributed by atoms with Gasteiger partial charge >= 0.3 is 0 Å². The molecule has 2 aliphatic rings. The van der Waals surface area contributed by atoms with Crippen LogP contribution in [0, 0.1) is 5.92 Å². The van der Waals surface area contributed by atoms with Crippen molar-refractivity contribution < 1.29 is 28.4 Å². The SMILES string of the molecule is CC[C@H](C)[C@@H]1NC(=O)[C@@H](Cc2ccccc2)NC(=O)[C@H](CCCCCC(=O)[C@H](C)O[Si](c2ccccc2)(c2ccccc2)C(C)(C)C)NC(=O)[C@@H]2CCCCN2C1=O. The molecule has 58 heavy (non-hydrogen) atoms.